The van der Waals surface area contributed by atoms with E-state index in [-0.39, 0.29) is 6.04 Å². The molecule has 0 saturated carbocycles. The number of aldehydes is 1. The molecule has 4 heteroatoms. The van der Waals surface area contributed by atoms with E-state index in [0.29, 0.717) is 0 Å². The molecule has 1 aromatic carbocycles. The number of aryl methyl sites for hydroxylation is 1. The first-order valence-corrected chi connectivity index (χ1v) is 5.84. The number of carbonyl (C=O) groups is 1. The summed E-state index contributed by atoms with van der Waals surface area (Å²) in [5, 5.41) is 8.41. The number of nitrogens with zero attached hydrogens (tertiary/aromatic N) is 3. The highest BCUT2D eigenvalue weighted by molar-refractivity contribution is 5.62. The van der Waals surface area contributed by atoms with Gasteiger partial charge in [0.2, 0.25) is 0 Å². The Balaban J connectivity index is 2.13. The maximum absolute atomic E-state index is 11.1. The Labute approximate surface area is 99.3 Å². The van der Waals surface area contributed by atoms with Crippen LogP contribution in [-0.4, -0.2) is 21.1 Å². The van der Waals surface area contributed by atoms with Crippen LogP contribution in [0.15, 0.2) is 30.3 Å². The molecule has 86 valence electrons. The minimum absolute atomic E-state index is 0.107. The SMILES string of the molecule is O=CC1CCCc2nnc(-c3ccccc3)n21. The Hall–Kier alpha value is -1.97. The van der Waals surface area contributed by atoms with Crippen molar-refractivity contribution in [3.63, 3.8) is 0 Å². The van der Waals surface area contributed by atoms with Crippen LogP contribution in [0.4, 0.5) is 0 Å². The molecule has 0 spiro atoms. The zero-order valence-corrected chi connectivity index (χ0v) is 9.41. The summed E-state index contributed by atoms with van der Waals surface area (Å²) in [7, 11) is 0. The van der Waals surface area contributed by atoms with Crippen LogP contribution in [0.1, 0.15) is 24.7 Å². The highest BCUT2D eigenvalue weighted by Crippen LogP contribution is 2.28. The van der Waals surface area contributed by atoms with Gasteiger partial charge in [-0.1, -0.05) is 30.3 Å². The third kappa shape index (κ3) is 1.65. The Kier molecular flexibility index (Phi) is 2.48. The van der Waals surface area contributed by atoms with Crippen molar-refractivity contribution in [2.75, 3.05) is 0 Å². The van der Waals surface area contributed by atoms with Crippen LogP contribution in [0.2, 0.25) is 0 Å². The molecule has 0 amide bonds. The summed E-state index contributed by atoms with van der Waals surface area (Å²) in [4.78, 5) is 11.1. The molecule has 1 aromatic heterocycles. The Bertz CT molecular complexity index is 533. The van der Waals surface area contributed by atoms with Gasteiger partial charge in [0.15, 0.2) is 5.82 Å². The second-order valence-electron chi connectivity index (χ2n) is 4.27. The lowest BCUT2D eigenvalue weighted by Crippen LogP contribution is -2.19. The summed E-state index contributed by atoms with van der Waals surface area (Å²) in [6.07, 6.45) is 3.80. The van der Waals surface area contributed by atoms with Crippen molar-refractivity contribution in [3.05, 3.63) is 36.2 Å². The molecule has 0 saturated heterocycles. The van der Waals surface area contributed by atoms with Crippen LogP contribution in [0.25, 0.3) is 11.4 Å². The molecule has 1 aliphatic rings. The fourth-order valence-corrected chi connectivity index (χ4v) is 2.35. The highest BCUT2D eigenvalue weighted by Gasteiger charge is 2.24. The van der Waals surface area contributed by atoms with Crippen LogP contribution in [0.3, 0.4) is 0 Å². The van der Waals surface area contributed by atoms with Crippen LogP contribution < -0.4 is 0 Å². The second kappa shape index (κ2) is 4.13. The van der Waals surface area contributed by atoms with Gasteiger partial charge in [-0.3, -0.25) is 0 Å². The summed E-state index contributed by atoms with van der Waals surface area (Å²) in [6, 6.07) is 9.78. The van der Waals surface area contributed by atoms with Crippen LogP contribution in [-0.2, 0) is 11.2 Å². The van der Waals surface area contributed by atoms with Gasteiger partial charge in [0, 0.05) is 12.0 Å². The first-order valence-electron chi connectivity index (χ1n) is 5.84. The molecule has 4 nitrogen and oxygen atoms in total. The summed E-state index contributed by atoms with van der Waals surface area (Å²) in [5.41, 5.74) is 1.01. The number of rotatable bonds is 2. The first kappa shape index (κ1) is 10.2. The van der Waals surface area contributed by atoms with E-state index in [0.717, 1.165) is 42.8 Å². The molecular weight excluding hydrogens is 214 g/mol. The van der Waals surface area contributed by atoms with E-state index in [9.17, 15) is 4.79 Å². The van der Waals surface area contributed by atoms with E-state index in [1.807, 2.05) is 34.9 Å². The zero-order chi connectivity index (χ0) is 11.7. The van der Waals surface area contributed by atoms with Gasteiger partial charge in [-0.15, -0.1) is 10.2 Å². The van der Waals surface area contributed by atoms with Gasteiger partial charge < -0.3 is 9.36 Å². The predicted molar refractivity (Wildman–Crippen MR) is 63.5 cm³/mol. The molecule has 0 bridgehead atoms. The first-order chi connectivity index (χ1) is 8.40. The minimum Gasteiger partial charge on any atom is -0.301 e. The topological polar surface area (TPSA) is 47.8 Å². The maximum atomic E-state index is 11.1. The molecule has 0 fully saturated rings. The third-order valence-corrected chi connectivity index (χ3v) is 3.19. The molecular formula is C13H13N3O. The van der Waals surface area contributed by atoms with E-state index < -0.39 is 0 Å². The smallest absolute Gasteiger partial charge is 0.164 e. The minimum atomic E-state index is -0.107. The van der Waals surface area contributed by atoms with Crippen LogP contribution in [0, 0.1) is 0 Å². The fraction of sp³-hybridized carbons (Fsp3) is 0.308. The molecule has 1 aliphatic heterocycles. The summed E-state index contributed by atoms with van der Waals surface area (Å²) < 4.78 is 1.98. The molecule has 2 aromatic rings. The van der Waals surface area contributed by atoms with E-state index in [2.05, 4.69) is 10.2 Å². The molecule has 1 atom stereocenters. The predicted octanol–water partition coefficient (Wildman–Crippen LogP) is 2.02. The fourth-order valence-electron chi connectivity index (χ4n) is 2.35. The van der Waals surface area contributed by atoms with Crippen LogP contribution >= 0.6 is 0 Å². The van der Waals surface area contributed by atoms with Crippen LogP contribution in [0.5, 0.6) is 0 Å². The van der Waals surface area contributed by atoms with Crippen molar-refractivity contribution in [3.8, 4) is 11.4 Å². The van der Waals surface area contributed by atoms with E-state index >= 15 is 0 Å². The second-order valence-corrected chi connectivity index (χ2v) is 4.27. The monoisotopic (exact) mass is 227 g/mol. The van der Waals surface area contributed by atoms with Crippen molar-refractivity contribution in [2.45, 2.75) is 25.3 Å². The number of carbonyl (C=O) groups excluding carboxylic acids is 1. The quantitative estimate of drug-likeness (QED) is 0.737. The van der Waals surface area contributed by atoms with Gasteiger partial charge in [0.25, 0.3) is 0 Å². The van der Waals surface area contributed by atoms with Crippen molar-refractivity contribution in [1.82, 2.24) is 14.8 Å². The largest absolute Gasteiger partial charge is 0.301 e. The third-order valence-electron chi connectivity index (χ3n) is 3.19. The normalized spacial score (nSPS) is 18.7. The average Bonchev–Trinajstić information content (AvgIpc) is 2.83. The van der Waals surface area contributed by atoms with Gasteiger partial charge in [-0.2, -0.15) is 0 Å². The molecule has 2 heterocycles. The van der Waals surface area contributed by atoms with Crippen molar-refractivity contribution >= 4 is 6.29 Å². The van der Waals surface area contributed by atoms with Gasteiger partial charge in [-0.05, 0) is 12.8 Å². The molecule has 17 heavy (non-hydrogen) atoms. The van der Waals surface area contributed by atoms with Gasteiger partial charge >= 0.3 is 0 Å². The van der Waals surface area contributed by atoms with E-state index in [1.165, 1.54) is 0 Å². The number of fused-ring (bicyclic) bond motifs is 1. The van der Waals surface area contributed by atoms with Crippen molar-refractivity contribution in [1.29, 1.82) is 0 Å². The van der Waals surface area contributed by atoms with Crippen molar-refractivity contribution in [2.24, 2.45) is 0 Å². The summed E-state index contributed by atoms with van der Waals surface area (Å²) in [6.45, 7) is 0. The molecule has 0 aliphatic carbocycles. The number of aromatic nitrogens is 3. The number of hydrogen-bond acceptors (Lipinski definition) is 3. The van der Waals surface area contributed by atoms with Crippen molar-refractivity contribution < 1.29 is 4.79 Å². The zero-order valence-electron chi connectivity index (χ0n) is 9.41. The Morgan fingerprint density at radius 3 is 2.82 bits per heavy atom. The Morgan fingerprint density at radius 1 is 1.24 bits per heavy atom. The standard InChI is InChI=1S/C13H13N3O/c17-9-11-7-4-8-12-14-15-13(16(11)12)10-5-2-1-3-6-10/h1-3,5-6,9,11H,4,7-8H2. The molecule has 1 unspecified atom stereocenters. The average molecular weight is 227 g/mol. The lowest BCUT2D eigenvalue weighted by molar-refractivity contribution is -0.111. The lowest BCUT2D eigenvalue weighted by Gasteiger charge is -2.21. The van der Waals surface area contributed by atoms with E-state index in [4.69, 9.17) is 0 Å². The molecule has 0 radical (unpaired) electrons. The maximum Gasteiger partial charge on any atom is 0.164 e. The Morgan fingerprint density at radius 2 is 2.06 bits per heavy atom. The van der Waals surface area contributed by atoms with E-state index in [1.54, 1.807) is 0 Å². The van der Waals surface area contributed by atoms with Gasteiger partial charge in [0.1, 0.15) is 12.1 Å². The number of hydrogen-bond donors (Lipinski definition) is 0. The lowest BCUT2D eigenvalue weighted by atomic mass is 10.0. The molecule has 0 N–H and O–H groups in total. The number of benzene rings is 1. The van der Waals surface area contributed by atoms with Gasteiger partial charge in [-0.25, -0.2) is 0 Å². The summed E-state index contributed by atoms with van der Waals surface area (Å²) in [5.74, 6) is 1.73. The highest BCUT2D eigenvalue weighted by atomic mass is 16.1. The molecule has 3 rings (SSSR count). The van der Waals surface area contributed by atoms with Gasteiger partial charge in [0.05, 0.1) is 6.04 Å². The summed E-state index contributed by atoms with van der Waals surface area (Å²) >= 11 is 0.